The lowest BCUT2D eigenvalue weighted by Crippen LogP contribution is -2.26. The number of pyridine rings is 1. The molecule has 2 rings (SSSR count). The molecule has 0 saturated heterocycles. The maximum absolute atomic E-state index is 11.8. The normalized spacial score (nSPS) is 12.1. The van der Waals surface area contributed by atoms with Crippen molar-refractivity contribution in [1.82, 2.24) is 20.5 Å². The van der Waals surface area contributed by atoms with Crippen molar-refractivity contribution in [3.05, 3.63) is 48.0 Å². The number of carbonyl (C=O) groups excluding carboxylic acids is 1. The first-order valence-electron chi connectivity index (χ1n) is 5.93. The van der Waals surface area contributed by atoms with E-state index in [0.29, 0.717) is 12.8 Å². The molecule has 0 bridgehead atoms. The van der Waals surface area contributed by atoms with Crippen LogP contribution in [0.25, 0.3) is 0 Å². The minimum atomic E-state index is -0.0278. The van der Waals surface area contributed by atoms with Crippen LogP contribution in [0.2, 0.25) is 0 Å². The summed E-state index contributed by atoms with van der Waals surface area (Å²) >= 11 is 0. The Morgan fingerprint density at radius 2 is 2.39 bits per heavy atom. The topological polar surface area (TPSA) is 70.7 Å². The standard InChI is InChI=1S/C13H16N4O/c1-10(11-8-15-16-9-11)17-13(18)6-5-12-4-2-3-7-14-12/h2-4,7-10H,5-6H2,1H3,(H,15,16)(H,17,18). The van der Waals surface area contributed by atoms with Gasteiger partial charge >= 0.3 is 0 Å². The molecule has 0 saturated carbocycles. The number of hydrogen-bond donors (Lipinski definition) is 2. The van der Waals surface area contributed by atoms with E-state index in [9.17, 15) is 4.79 Å². The molecular formula is C13H16N4O. The quantitative estimate of drug-likeness (QED) is 0.839. The molecule has 0 fully saturated rings. The molecule has 2 N–H and O–H groups in total. The maximum Gasteiger partial charge on any atom is 0.220 e. The lowest BCUT2D eigenvalue weighted by molar-refractivity contribution is -0.121. The van der Waals surface area contributed by atoms with Gasteiger partial charge in [-0.25, -0.2) is 0 Å². The summed E-state index contributed by atoms with van der Waals surface area (Å²) in [7, 11) is 0. The molecule has 18 heavy (non-hydrogen) atoms. The summed E-state index contributed by atoms with van der Waals surface area (Å²) in [5.74, 6) is 0.0225. The Kier molecular flexibility index (Phi) is 4.06. The van der Waals surface area contributed by atoms with Crippen LogP contribution in [0.15, 0.2) is 36.8 Å². The first-order chi connectivity index (χ1) is 8.75. The fraction of sp³-hybridized carbons (Fsp3) is 0.308. The lowest BCUT2D eigenvalue weighted by Gasteiger charge is -2.11. The molecule has 2 heterocycles. The summed E-state index contributed by atoms with van der Waals surface area (Å²) in [6, 6.07) is 5.69. The van der Waals surface area contributed by atoms with Gasteiger partial charge in [-0.05, 0) is 25.5 Å². The van der Waals surface area contributed by atoms with Crippen LogP contribution in [0.5, 0.6) is 0 Å². The molecule has 0 aliphatic carbocycles. The fourth-order valence-corrected chi connectivity index (χ4v) is 1.68. The molecule has 5 heteroatoms. The van der Waals surface area contributed by atoms with Crippen molar-refractivity contribution in [2.24, 2.45) is 0 Å². The Morgan fingerprint density at radius 3 is 3.06 bits per heavy atom. The second-order valence-electron chi connectivity index (χ2n) is 4.14. The molecule has 1 amide bonds. The molecule has 0 aliphatic rings. The van der Waals surface area contributed by atoms with Gasteiger partial charge < -0.3 is 5.32 Å². The van der Waals surface area contributed by atoms with Crippen LogP contribution >= 0.6 is 0 Å². The second kappa shape index (κ2) is 5.95. The van der Waals surface area contributed by atoms with Gasteiger partial charge in [-0.15, -0.1) is 0 Å². The lowest BCUT2D eigenvalue weighted by atomic mass is 10.1. The van der Waals surface area contributed by atoms with Gasteiger partial charge in [-0.3, -0.25) is 14.9 Å². The minimum Gasteiger partial charge on any atom is -0.349 e. The zero-order valence-corrected chi connectivity index (χ0v) is 10.3. The second-order valence-corrected chi connectivity index (χ2v) is 4.14. The largest absolute Gasteiger partial charge is 0.349 e. The first-order valence-corrected chi connectivity index (χ1v) is 5.93. The number of aryl methyl sites for hydroxylation is 1. The van der Waals surface area contributed by atoms with E-state index in [-0.39, 0.29) is 11.9 Å². The molecule has 0 spiro atoms. The predicted octanol–water partition coefficient (Wildman–Crippen LogP) is 1.61. The number of amides is 1. The van der Waals surface area contributed by atoms with E-state index >= 15 is 0 Å². The molecule has 0 radical (unpaired) electrons. The Bertz CT molecular complexity index is 481. The van der Waals surface area contributed by atoms with Crippen LogP contribution in [0, 0.1) is 0 Å². The molecule has 0 aliphatic heterocycles. The van der Waals surface area contributed by atoms with Crippen LogP contribution in [0.3, 0.4) is 0 Å². The van der Waals surface area contributed by atoms with Crippen molar-refractivity contribution in [1.29, 1.82) is 0 Å². The summed E-state index contributed by atoms with van der Waals surface area (Å²) in [4.78, 5) is 15.9. The Hall–Kier alpha value is -2.17. The van der Waals surface area contributed by atoms with Gasteiger partial charge in [-0.1, -0.05) is 6.07 Å². The molecule has 1 atom stereocenters. The number of aromatic nitrogens is 3. The number of nitrogens with zero attached hydrogens (tertiary/aromatic N) is 2. The smallest absolute Gasteiger partial charge is 0.220 e. The van der Waals surface area contributed by atoms with Crippen molar-refractivity contribution in [2.75, 3.05) is 0 Å². The van der Waals surface area contributed by atoms with Gasteiger partial charge in [0.25, 0.3) is 0 Å². The van der Waals surface area contributed by atoms with Gasteiger partial charge in [-0.2, -0.15) is 5.10 Å². The van der Waals surface area contributed by atoms with E-state index in [0.717, 1.165) is 11.3 Å². The summed E-state index contributed by atoms with van der Waals surface area (Å²) in [6.45, 7) is 1.93. The zero-order valence-electron chi connectivity index (χ0n) is 10.3. The van der Waals surface area contributed by atoms with Crippen molar-refractivity contribution in [3.63, 3.8) is 0 Å². The highest BCUT2D eigenvalue weighted by Crippen LogP contribution is 2.09. The van der Waals surface area contributed by atoms with Crippen LogP contribution < -0.4 is 5.32 Å². The first kappa shape index (κ1) is 12.3. The van der Waals surface area contributed by atoms with Gasteiger partial charge in [0.2, 0.25) is 5.91 Å². The van der Waals surface area contributed by atoms with Crippen molar-refractivity contribution < 1.29 is 4.79 Å². The zero-order chi connectivity index (χ0) is 12.8. The highest BCUT2D eigenvalue weighted by atomic mass is 16.1. The van der Waals surface area contributed by atoms with Gasteiger partial charge in [0.15, 0.2) is 0 Å². The summed E-state index contributed by atoms with van der Waals surface area (Å²) < 4.78 is 0. The third-order valence-electron chi connectivity index (χ3n) is 2.73. The monoisotopic (exact) mass is 244 g/mol. The highest BCUT2D eigenvalue weighted by Gasteiger charge is 2.10. The van der Waals surface area contributed by atoms with Crippen molar-refractivity contribution in [3.8, 4) is 0 Å². The van der Waals surface area contributed by atoms with E-state index in [4.69, 9.17) is 0 Å². The van der Waals surface area contributed by atoms with E-state index in [1.807, 2.05) is 25.1 Å². The number of carbonyl (C=O) groups is 1. The van der Waals surface area contributed by atoms with Gasteiger partial charge in [0.05, 0.1) is 12.2 Å². The van der Waals surface area contributed by atoms with E-state index in [2.05, 4.69) is 20.5 Å². The Labute approximate surface area is 106 Å². The van der Waals surface area contributed by atoms with Crippen molar-refractivity contribution >= 4 is 5.91 Å². The van der Waals surface area contributed by atoms with Crippen LogP contribution in [0.4, 0.5) is 0 Å². The molecule has 2 aromatic heterocycles. The fourth-order valence-electron chi connectivity index (χ4n) is 1.68. The SMILES string of the molecule is CC(NC(=O)CCc1ccccn1)c1cn[nH]c1. The summed E-state index contributed by atoms with van der Waals surface area (Å²) in [5, 5.41) is 9.51. The van der Waals surface area contributed by atoms with Gasteiger partial charge in [0.1, 0.15) is 0 Å². The molecule has 94 valence electrons. The molecule has 0 aromatic carbocycles. The highest BCUT2D eigenvalue weighted by molar-refractivity contribution is 5.76. The van der Waals surface area contributed by atoms with E-state index < -0.39 is 0 Å². The molecule has 1 unspecified atom stereocenters. The van der Waals surface area contributed by atoms with E-state index in [1.54, 1.807) is 18.6 Å². The average Bonchev–Trinajstić information content (AvgIpc) is 2.91. The summed E-state index contributed by atoms with van der Waals surface area (Å²) in [6.07, 6.45) is 6.33. The summed E-state index contributed by atoms with van der Waals surface area (Å²) in [5.41, 5.74) is 1.91. The van der Waals surface area contributed by atoms with Gasteiger partial charge in [0, 0.05) is 30.1 Å². The number of H-pyrrole nitrogens is 1. The van der Waals surface area contributed by atoms with Crippen LogP contribution in [-0.2, 0) is 11.2 Å². The van der Waals surface area contributed by atoms with E-state index in [1.165, 1.54) is 0 Å². The third-order valence-corrected chi connectivity index (χ3v) is 2.73. The van der Waals surface area contributed by atoms with Crippen LogP contribution in [0.1, 0.15) is 30.6 Å². The average molecular weight is 244 g/mol. The number of rotatable bonds is 5. The predicted molar refractivity (Wildman–Crippen MR) is 67.7 cm³/mol. The number of aromatic amines is 1. The molecule has 2 aromatic rings. The molecular weight excluding hydrogens is 228 g/mol. The van der Waals surface area contributed by atoms with Crippen LogP contribution in [-0.4, -0.2) is 21.1 Å². The Balaban J connectivity index is 1.79. The minimum absolute atomic E-state index is 0.0225. The number of hydrogen-bond acceptors (Lipinski definition) is 3. The number of nitrogens with one attached hydrogen (secondary N) is 2. The molecule has 5 nitrogen and oxygen atoms in total. The maximum atomic E-state index is 11.8. The Morgan fingerprint density at radius 1 is 1.50 bits per heavy atom. The third kappa shape index (κ3) is 3.41. The van der Waals surface area contributed by atoms with Crippen molar-refractivity contribution in [2.45, 2.75) is 25.8 Å².